The molecule has 2 aromatic carbocycles. The van der Waals surface area contributed by atoms with Crippen molar-refractivity contribution in [3.8, 4) is 5.75 Å². The van der Waals surface area contributed by atoms with Crippen molar-refractivity contribution in [2.75, 3.05) is 56.0 Å². The van der Waals surface area contributed by atoms with E-state index in [-0.39, 0.29) is 21.7 Å². The van der Waals surface area contributed by atoms with Gasteiger partial charge in [-0.15, -0.1) is 0 Å². The van der Waals surface area contributed by atoms with Crippen LogP contribution in [0.2, 0.25) is 5.02 Å². The largest absolute Gasteiger partial charge is 0.495 e. The van der Waals surface area contributed by atoms with Gasteiger partial charge in [0.05, 0.1) is 37.9 Å². The van der Waals surface area contributed by atoms with Crippen molar-refractivity contribution in [3.05, 3.63) is 53.7 Å². The minimum absolute atomic E-state index is 0.0709. The van der Waals surface area contributed by atoms with Gasteiger partial charge in [-0.2, -0.15) is 4.98 Å². The molecule has 1 saturated heterocycles. The van der Waals surface area contributed by atoms with E-state index in [1.807, 2.05) is 18.2 Å². The second-order valence-electron chi connectivity index (χ2n) is 7.33. The van der Waals surface area contributed by atoms with Gasteiger partial charge in [0, 0.05) is 18.8 Å². The first-order chi connectivity index (χ1) is 16.4. The first-order valence-electron chi connectivity index (χ1n) is 10.5. The lowest BCUT2D eigenvalue weighted by Gasteiger charge is -2.29. The van der Waals surface area contributed by atoms with E-state index in [0.717, 1.165) is 18.8 Å². The number of benzene rings is 2. The van der Waals surface area contributed by atoms with Gasteiger partial charge in [-0.1, -0.05) is 23.7 Å². The van der Waals surface area contributed by atoms with Gasteiger partial charge in [-0.3, -0.25) is 0 Å². The van der Waals surface area contributed by atoms with Gasteiger partial charge in [0.25, 0.3) is 0 Å². The molecule has 3 aromatic rings. The maximum Gasteiger partial charge on any atom is 0.242 e. The predicted molar refractivity (Wildman–Crippen MR) is 132 cm³/mol. The summed E-state index contributed by atoms with van der Waals surface area (Å²) < 4.78 is 38.0. The van der Waals surface area contributed by atoms with Crippen molar-refractivity contribution in [3.63, 3.8) is 0 Å². The van der Waals surface area contributed by atoms with Crippen LogP contribution in [0.4, 0.5) is 28.8 Å². The zero-order chi connectivity index (χ0) is 24.1. The Balaban J connectivity index is 1.63. The Labute approximate surface area is 203 Å². The van der Waals surface area contributed by atoms with Gasteiger partial charge in [0.1, 0.15) is 15.7 Å². The Morgan fingerprint density at radius 1 is 1.09 bits per heavy atom. The lowest BCUT2D eigenvalue weighted by molar-refractivity contribution is 0.122. The fourth-order valence-corrected chi connectivity index (χ4v) is 4.51. The lowest BCUT2D eigenvalue weighted by Crippen LogP contribution is -2.36. The topological polar surface area (TPSA) is 118 Å². The summed E-state index contributed by atoms with van der Waals surface area (Å²) in [6.07, 6.45) is 1.44. The summed E-state index contributed by atoms with van der Waals surface area (Å²) in [4.78, 5) is 11.0. The minimum Gasteiger partial charge on any atom is -0.495 e. The molecule has 0 aliphatic carbocycles. The number of hydrogen-bond acceptors (Lipinski definition) is 9. The van der Waals surface area contributed by atoms with Crippen LogP contribution >= 0.6 is 11.6 Å². The Morgan fingerprint density at radius 3 is 2.59 bits per heavy atom. The second-order valence-corrected chi connectivity index (χ2v) is 9.59. The zero-order valence-corrected chi connectivity index (χ0v) is 20.3. The van der Waals surface area contributed by atoms with E-state index in [2.05, 4.69) is 30.2 Å². The predicted octanol–water partition coefficient (Wildman–Crippen LogP) is 3.37. The highest BCUT2D eigenvalue weighted by atomic mass is 35.5. The summed E-state index contributed by atoms with van der Waals surface area (Å²) in [6, 6.07) is 12.3. The van der Waals surface area contributed by atoms with Gasteiger partial charge in [-0.25, -0.2) is 18.1 Å². The molecule has 4 rings (SSSR count). The molecule has 0 atom stereocenters. The molecule has 10 nitrogen and oxygen atoms in total. The number of rotatable bonds is 8. The number of nitrogens with zero attached hydrogens (tertiary/aromatic N) is 3. The van der Waals surface area contributed by atoms with Crippen molar-refractivity contribution < 1.29 is 17.9 Å². The summed E-state index contributed by atoms with van der Waals surface area (Å²) in [5.74, 6) is 1.13. The molecule has 3 N–H and O–H groups in total. The number of anilines is 5. The number of ether oxygens (including phenoxy) is 2. The molecule has 1 aliphatic rings. The van der Waals surface area contributed by atoms with Crippen LogP contribution in [-0.2, 0) is 14.8 Å². The van der Waals surface area contributed by atoms with E-state index in [4.69, 9.17) is 21.1 Å². The first-order valence-corrected chi connectivity index (χ1v) is 12.4. The number of hydrogen-bond donors (Lipinski definition) is 3. The summed E-state index contributed by atoms with van der Waals surface area (Å²) in [5, 5.41) is 6.41. The third kappa shape index (κ3) is 5.33. The van der Waals surface area contributed by atoms with Gasteiger partial charge in [-0.05, 0) is 37.4 Å². The van der Waals surface area contributed by atoms with E-state index in [9.17, 15) is 8.42 Å². The number of nitrogens with one attached hydrogen (secondary N) is 3. The number of para-hydroxylation sites is 1. The third-order valence-electron chi connectivity index (χ3n) is 5.25. The number of sulfonamides is 1. The van der Waals surface area contributed by atoms with Gasteiger partial charge >= 0.3 is 0 Å². The molecule has 12 heteroatoms. The number of halogens is 1. The van der Waals surface area contributed by atoms with Crippen molar-refractivity contribution in [2.45, 2.75) is 4.90 Å². The maximum absolute atomic E-state index is 12.4. The summed E-state index contributed by atoms with van der Waals surface area (Å²) in [6.45, 7) is 2.95. The van der Waals surface area contributed by atoms with Crippen molar-refractivity contribution >= 4 is 50.5 Å². The van der Waals surface area contributed by atoms with Crippen LogP contribution in [0.15, 0.2) is 53.6 Å². The van der Waals surface area contributed by atoms with Crippen LogP contribution in [0.25, 0.3) is 0 Å². The number of methoxy groups -OCH3 is 1. The zero-order valence-electron chi connectivity index (χ0n) is 18.7. The second kappa shape index (κ2) is 10.4. The van der Waals surface area contributed by atoms with Crippen LogP contribution in [0.5, 0.6) is 5.75 Å². The summed E-state index contributed by atoms with van der Waals surface area (Å²) in [5.41, 5.74) is 2.03. The van der Waals surface area contributed by atoms with Crippen LogP contribution in [0.3, 0.4) is 0 Å². The molecular weight excluding hydrogens is 480 g/mol. The molecule has 0 radical (unpaired) electrons. The SMILES string of the molecule is CNS(=O)(=O)c1ccccc1Nc1nc(Nc2cc(N3CCOCC3)ccc2OC)ncc1Cl. The van der Waals surface area contributed by atoms with Crippen LogP contribution in [0, 0.1) is 0 Å². The summed E-state index contributed by atoms with van der Waals surface area (Å²) in [7, 11) is -0.751. The Morgan fingerprint density at radius 2 is 1.85 bits per heavy atom. The molecule has 0 unspecified atom stereocenters. The molecule has 0 saturated carbocycles. The van der Waals surface area contributed by atoms with Crippen LogP contribution in [0.1, 0.15) is 0 Å². The van der Waals surface area contributed by atoms with E-state index in [0.29, 0.717) is 30.3 Å². The fraction of sp³-hybridized carbons (Fsp3) is 0.273. The Kier molecular flexibility index (Phi) is 7.37. The number of morpholine rings is 1. The van der Waals surface area contributed by atoms with E-state index in [1.54, 1.807) is 25.3 Å². The molecule has 0 spiro atoms. The van der Waals surface area contributed by atoms with Crippen molar-refractivity contribution in [1.29, 1.82) is 0 Å². The third-order valence-corrected chi connectivity index (χ3v) is 7.00. The van der Waals surface area contributed by atoms with E-state index in [1.165, 1.54) is 19.3 Å². The molecule has 1 aliphatic heterocycles. The molecule has 0 bridgehead atoms. The van der Waals surface area contributed by atoms with Crippen LogP contribution < -0.4 is 25.0 Å². The Hall–Kier alpha value is -3.12. The first kappa shape index (κ1) is 24.0. The minimum atomic E-state index is -3.69. The summed E-state index contributed by atoms with van der Waals surface area (Å²) >= 11 is 6.31. The van der Waals surface area contributed by atoms with Gasteiger partial charge in [0.15, 0.2) is 5.82 Å². The molecule has 34 heavy (non-hydrogen) atoms. The molecule has 2 heterocycles. The lowest BCUT2D eigenvalue weighted by atomic mass is 10.2. The average Bonchev–Trinajstić information content (AvgIpc) is 2.87. The average molecular weight is 505 g/mol. The maximum atomic E-state index is 12.4. The highest BCUT2D eigenvalue weighted by Gasteiger charge is 2.18. The van der Waals surface area contributed by atoms with Crippen LogP contribution in [-0.4, -0.2) is 58.8 Å². The standard InChI is InChI=1S/C22H25ClN6O4S/c1-24-34(30,31)20-6-4-3-5-17(20)26-21-16(23)14-25-22(28-21)27-18-13-15(7-8-19(18)32-2)29-9-11-33-12-10-29/h3-8,13-14,24H,9-12H2,1-2H3,(H2,25,26,27,28). The van der Waals surface area contributed by atoms with Gasteiger partial charge in [0.2, 0.25) is 16.0 Å². The van der Waals surface area contributed by atoms with Crippen molar-refractivity contribution in [1.82, 2.24) is 14.7 Å². The molecule has 1 fully saturated rings. The van der Waals surface area contributed by atoms with E-state index >= 15 is 0 Å². The molecular formula is C22H25ClN6O4S. The number of aromatic nitrogens is 2. The molecule has 180 valence electrons. The van der Waals surface area contributed by atoms with Gasteiger partial charge < -0.3 is 25.0 Å². The normalized spacial score (nSPS) is 14.0. The fourth-order valence-electron chi connectivity index (χ4n) is 3.49. The molecule has 1 aromatic heterocycles. The molecule has 0 amide bonds. The highest BCUT2D eigenvalue weighted by molar-refractivity contribution is 7.89. The van der Waals surface area contributed by atoms with Crippen molar-refractivity contribution in [2.24, 2.45) is 0 Å². The smallest absolute Gasteiger partial charge is 0.242 e. The quantitative estimate of drug-likeness (QED) is 0.424. The Bertz CT molecular complexity index is 1270. The highest BCUT2D eigenvalue weighted by Crippen LogP contribution is 2.33. The van der Waals surface area contributed by atoms with E-state index < -0.39 is 10.0 Å². The monoisotopic (exact) mass is 504 g/mol.